The third-order valence-corrected chi connectivity index (χ3v) is 3.92. The minimum atomic E-state index is -0.258. The van der Waals surface area contributed by atoms with Gasteiger partial charge in [0.15, 0.2) is 4.93 Å². The molecule has 0 spiro atoms. The van der Waals surface area contributed by atoms with Gasteiger partial charge in [0.2, 0.25) is 0 Å². The van der Waals surface area contributed by atoms with Crippen molar-refractivity contribution in [1.29, 1.82) is 0 Å². The van der Waals surface area contributed by atoms with Gasteiger partial charge in [-0.25, -0.2) is 0 Å². The third kappa shape index (κ3) is 1.94. The average molecular weight is 238 g/mol. The molecule has 0 aromatic heterocycles. The SMILES string of the molecule is CC1(C)Oc2c(cccc2C(C)(C)CO)S1. The maximum Gasteiger partial charge on any atom is 0.153 e. The van der Waals surface area contributed by atoms with Crippen LogP contribution in [0.5, 0.6) is 5.75 Å². The molecule has 1 aromatic rings. The van der Waals surface area contributed by atoms with Crippen LogP contribution in [-0.4, -0.2) is 16.6 Å². The zero-order valence-corrected chi connectivity index (χ0v) is 11.0. The first-order chi connectivity index (χ1) is 7.36. The summed E-state index contributed by atoms with van der Waals surface area (Å²) in [4.78, 5) is 0.966. The third-order valence-electron chi connectivity index (χ3n) is 2.81. The summed E-state index contributed by atoms with van der Waals surface area (Å²) in [5.41, 5.74) is 0.831. The molecule has 2 nitrogen and oxygen atoms in total. The van der Waals surface area contributed by atoms with Gasteiger partial charge in [-0.1, -0.05) is 37.7 Å². The first-order valence-electron chi connectivity index (χ1n) is 5.48. The number of rotatable bonds is 2. The molecule has 2 rings (SSSR count). The Kier molecular flexibility index (Phi) is 2.71. The van der Waals surface area contributed by atoms with Gasteiger partial charge >= 0.3 is 0 Å². The second-order valence-electron chi connectivity index (χ2n) is 5.28. The number of benzene rings is 1. The van der Waals surface area contributed by atoms with Crippen LogP contribution in [0, 0.1) is 0 Å². The summed E-state index contributed by atoms with van der Waals surface area (Å²) >= 11 is 1.73. The smallest absolute Gasteiger partial charge is 0.153 e. The number of aliphatic hydroxyl groups is 1. The van der Waals surface area contributed by atoms with Gasteiger partial charge in [-0.05, 0) is 19.9 Å². The minimum absolute atomic E-state index is 0.123. The Labute approximate surface area is 101 Å². The molecule has 1 N–H and O–H groups in total. The summed E-state index contributed by atoms with van der Waals surface area (Å²) in [6.07, 6.45) is 0. The van der Waals surface area contributed by atoms with Crippen LogP contribution in [0.3, 0.4) is 0 Å². The fraction of sp³-hybridized carbons (Fsp3) is 0.538. The first kappa shape index (κ1) is 11.8. The number of ether oxygens (including phenoxy) is 1. The second-order valence-corrected chi connectivity index (χ2v) is 6.91. The van der Waals surface area contributed by atoms with E-state index in [1.807, 2.05) is 26.0 Å². The van der Waals surface area contributed by atoms with E-state index in [-0.39, 0.29) is 17.0 Å². The fourth-order valence-corrected chi connectivity index (χ4v) is 2.90. The summed E-state index contributed by atoms with van der Waals surface area (Å²) in [5.74, 6) is 0.941. The van der Waals surface area contributed by atoms with Crippen LogP contribution in [0.1, 0.15) is 33.3 Å². The van der Waals surface area contributed by atoms with Crippen LogP contribution in [0.15, 0.2) is 23.1 Å². The molecule has 1 aliphatic heterocycles. The van der Waals surface area contributed by atoms with Gasteiger partial charge in [-0.2, -0.15) is 0 Å². The molecule has 0 saturated carbocycles. The molecule has 0 aliphatic carbocycles. The Bertz CT molecular complexity index is 410. The van der Waals surface area contributed by atoms with Gasteiger partial charge in [0, 0.05) is 11.0 Å². The Balaban J connectivity index is 2.49. The van der Waals surface area contributed by atoms with E-state index < -0.39 is 0 Å². The summed E-state index contributed by atoms with van der Waals surface area (Å²) < 4.78 is 5.97. The highest BCUT2D eigenvalue weighted by Crippen LogP contribution is 2.50. The van der Waals surface area contributed by atoms with Crippen LogP contribution >= 0.6 is 11.8 Å². The minimum Gasteiger partial charge on any atom is -0.475 e. The zero-order chi connectivity index (χ0) is 12.0. The van der Waals surface area contributed by atoms with Crippen LogP contribution in [0.2, 0.25) is 0 Å². The number of fused-ring (bicyclic) bond motifs is 1. The van der Waals surface area contributed by atoms with E-state index in [0.29, 0.717) is 0 Å². The van der Waals surface area contributed by atoms with Gasteiger partial charge in [0.25, 0.3) is 0 Å². The maximum absolute atomic E-state index is 9.45. The molecule has 0 atom stereocenters. The van der Waals surface area contributed by atoms with Gasteiger partial charge in [-0.3, -0.25) is 0 Å². The second kappa shape index (κ2) is 3.67. The Morgan fingerprint density at radius 1 is 1.38 bits per heavy atom. The molecule has 1 heterocycles. The monoisotopic (exact) mass is 238 g/mol. The van der Waals surface area contributed by atoms with Crippen molar-refractivity contribution in [3.05, 3.63) is 23.8 Å². The summed E-state index contributed by atoms with van der Waals surface area (Å²) in [6, 6.07) is 6.14. The molecule has 16 heavy (non-hydrogen) atoms. The standard InChI is InChI=1S/C13H18O2S/c1-12(2,8-14)9-6-5-7-10-11(9)15-13(3,4)16-10/h5-7,14H,8H2,1-4H3. The highest BCUT2D eigenvalue weighted by atomic mass is 32.2. The molecule has 0 saturated heterocycles. The van der Waals surface area contributed by atoms with Crippen molar-refractivity contribution in [3.8, 4) is 5.75 Å². The predicted octanol–water partition coefficient (Wildman–Crippen LogP) is 3.18. The molecule has 1 aromatic carbocycles. The Hall–Kier alpha value is -0.670. The average Bonchev–Trinajstić information content (AvgIpc) is 2.50. The lowest BCUT2D eigenvalue weighted by Gasteiger charge is -2.25. The van der Waals surface area contributed by atoms with E-state index in [9.17, 15) is 5.11 Å². The van der Waals surface area contributed by atoms with Crippen LogP contribution in [0.25, 0.3) is 0 Å². The summed E-state index contributed by atoms with van der Waals surface area (Å²) in [6.45, 7) is 8.31. The summed E-state index contributed by atoms with van der Waals surface area (Å²) in [7, 11) is 0. The van der Waals surface area contributed by atoms with E-state index in [2.05, 4.69) is 19.9 Å². The van der Waals surface area contributed by atoms with Gasteiger partial charge in [-0.15, -0.1) is 0 Å². The molecule has 0 amide bonds. The van der Waals surface area contributed by atoms with Crippen molar-refractivity contribution in [2.24, 2.45) is 0 Å². The summed E-state index contributed by atoms with van der Waals surface area (Å²) in [5, 5.41) is 9.45. The molecule has 0 bridgehead atoms. The van der Waals surface area contributed by atoms with E-state index in [1.165, 1.54) is 4.90 Å². The fourth-order valence-electron chi connectivity index (χ4n) is 1.85. The van der Waals surface area contributed by atoms with Gasteiger partial charge in [0.05, 0.1) is 11.5 Å². The lowest BCUT2D eigenvalue weighted by molar-refractivity contribution is 0.191. The van der Waals surface area contributed by atoms with Gasteiger partial charge < -0.3 is 9.84 Å². The molecule has 88 valence electrons. The molecule has 0 unspecified atom stereocenters. The lowest BCUT2D eigenvalue weighted by Crippen LogP contribution is -2.24. The maximum atomic E-state index is 9.45. The Morgan fingerprint density at radius 3 is 2.69 bits per heavy atom. The van der Waals surface area contributed by atoms with Crippen LogP contribution < -0.4 is 4.74 Å². The van der Waals surface area contributed by atoms with Crippen molar-refractivity contribution in [3.63, 3.8) is 0 Å². The molecule has 0 radical (unpaired) electrons. The van der Waals surface area contributed by atoms with Crippen molar-refractivity contribution in [1.82, 2.24) is 0 Å². The van der Waals surface area contributed by atoms with E-state index in [1.54, 1.807) is 11.8 Å². The predicted molar refractivity (Wildman–Crippen MR) is 67.1 cm³/mol. The van der Waals surface area contributed by atoms with Crippen molar-refractivity contribution in [2.45, 2.75) is 42.9 Å². The van der Waals surface area contributed by atoms with E-state index in [4.69, 9.17) is 4.74 Å². The highest BCUT2D eigenvalue weighted by Gasteiger charge is 2.36. The van der Waals surface area contributed by atoms with E-state index >= 15 is 0 Å². The normalized spacial score (nSPS) is 18.1. The molecule has 0 fully saturated rings. The molecule has 1 aliphatic rings. The highest BCUT2D eigenvalue weighted by molar-refractivity contribution is 8.00. The zero-order valence-electron chi connectivity index (χ0n) is 10.2. The number of aliphatic hydroxyl groups excluding tert-OH is 1. The molecule has 3 heteroatoms. The number of hydrogen-bond donors (Lipinski definition) is 1. The number of para-hydroxylation sites is 1. The number of hydrogen-bond acceptors (Lipinski definition) is 3. The first-order valence-corrected chi connectivity index (χ1v) is 6.30. The quantitative estimate of drug-likeness (QED) is 0.858. The topological polar surface area (TPSA) is 29.5 Å². The molecular formula is C13H18O2S. The van der Waals surface area contributed by atoms with Gasteiger partial charge in [0.1, 0.15) is 5.75 Å². The van der Waals surface area contributed by atoms with Crippen molar-refractivity contribution < 1.29 is 9.84 Å². The Morgan fingerprint density at radius 2 is 2.06 bits per heavy atom. The van der Waals surface area contributed by atoms with E-state index in [0.717, 1.165) is 11.3 Å². The van der Waals surface area contributed by atoms with Crippen molar-refractivity contribution >= 4 is 11.8 Å². The number of thioether (sulfide) groups is 1. The van der Waals surface area contributed by atoms with Crippen LogP contribution in [-0.2, 0) is 5.41 Å². The lowest BCUT2D eigenvalue weighted by atomic mass is 9.85. The molecular weight excluding hydrogens is 220 g/mol. The largest absolute Gasteiger partial charge is 0.475 e. The van der Waals surface area contributed by atoms with Crippen molar-refractivity contribution in [2.75, 3.05) is 6.61 Å². The van der Waals surface area contributed by atoms with Crippen LogP contribution in [0.4, 0.5) is 0 Å².